The number of benzene rings is 1. The Labute approximate surface area is 119 Å². The van der Waals surface area contributed by atoms with Crippen LogP contribution in [-0.4, -0.2) is 32.2 Å². The summed E-state index contributed by atoms with van der Waals surface area (Å²) in [4.78, 5) is 12.4. The molecule has 1 aliphatic heterocycles. The number of amides is 1. The van der Waals surface area contributed by atoms with E-state index in [9.17, 15) is 4.79 Å². The van der Waals surface area contributed by atoms with E-state index in [0.717, 1.165) is 30.6 Å². The van der Waals surface area contributed by atoms with Gasteiger partial charge in [-0.25, -0.2) is 0 Å². The summed E-state index contributed by atoms with van der Waals surface area (Å²) in [6, 6.07) is 3.66. The van der Waals surface area contributed by atoms with Gasteiger partial charge in [-0.15, -0.1) is 0 Å². The minimum Gasteiger partial charge on any atom is -0.493 e. The molecule has 20 heavy (non-hydrogen) atoms. The summed E-state index contributed by atoms with van der Waals surface area (Å²) in [7, 11) is 3.18. The normalized spacial score (nSPS) is 21.6. The van der Waals surface area contributed by atoms with Gasteiger partial charge in [0.15, 0.2) is 11.5 Å². The van der Waals surface area contributed by atoms with Crippen LogP contribution in [0.1, 0.15) is 25.3 Å². The van der Waals surface area contributed by atoms with E-state index in [1.165, 1.54) is 0 Å². The van der Waals surface area contributed by atoms with Crippen molar-refractivity contribution in [3.8, 4) is 11.5 Å². The fourth-order valence-electron chi connectivity index (χ4n) is 2.46. The van der Waals surface area contributed by atoms with Gasteiger partial charge in [-0.05, 0) is 44.9 Å². The third-order valence-corrected chi connectivity index (χ3v) is 3.85. The van der Waals surface area contributed by atoms with Gasteiger partial charge < -0.3 is 20.1 Å². The van der Waals surface area contributed by atoms with Gasteiger partial charge >= 0.3 is 0 Å². The first kappa shape index (κ1) is 14.7. The molecule has 5 nitrogen and oxygen atoms in total. The molecule has 1 aromatic carbocycles. The van der Waals surface area contributed by atoms with Crippen molar-refractivity contribution in [3.05, 3.63) is 17.7 Å². The molecule has 110 valence electrons. The third kappa shape index (κ3) is 2.72. The molecule has 0 radical (unpaired) electrons. The molecule has 1 heterocycles. The molecule has 1 fully saturated rings. The maximum Gasteiger partial charge on any atom is 0.244 e. The Hall–Kier alpha value is -1.75. The molecule has 1 unspecified atom stereocenters. The molecule has 1 atom stereocenters. The lowest BCUT2D eigenvalue weighted by Crippen LogP contribution is -2.48. The largest absolute Gasteiger partial charge is 0.493 e. The van der Waals surface area contributed by atoms with Crippen molar-refractivity contribution in [1.29, 1.82) is 0 Å². The Morgan fingerprint density at radius 2 is 1.95 bits per heavy atom. The van der Waals surface area contributed by atoms with Gasteiger partial charge in [0.05, 0.1) is 19.8 Å². The van der Waals surface area contributed by atoms with Crippen molar-refractivity contribution in [1.82, 2.24) is 5.32 Å². The van der Waals surface area contributed by atoms with Crippen LogP contribution in [0.5, 0.6) is 11.5 Å². The molecule has 1 aliphatic rings. The number of hydrogen-bond donors (Lipinski definition) is 2. The molecule has 1 saturated heterocycles. The van der Waals surface area contributed by atoms with Crippen molar-refractivity contribution in [2.45, 2.75) is 32.2 Å². The zero-order valence-electron chi connectivity index (χ0n) is 12.5. The van der Waals surface area contributed by atoms with E-state index in [4.69, 9.17) is 9.47 Å². The maximum absolute atomic E-state index is 12.4. The Morgan fingerprint density at radius 1 is 1.30 bits per heavy atom. The molecule has 2 rings (SSSR count). The number of ether oxygens (including phenoxy) is 2. The van der Waals surface area contributed by atoms with Gasteiger partial charge in [-0.3, -0.25) is 4.79 Å². The highest BCUT2D eigenvalue weighted by atomic mass is 16.5. The Kier molecular flexibility index (Phi) is 4.18. The van der Waals surface area contributed by atoms with Crippen LogP contribution >= 0.6 is 0 Å². The van der Waals surface area contributed by atoms with E-state index in [0.29, 0.717) is 11.5 Å². The highest BCUT2D eigenvalue weighted by Crippen LogP contribution is 2.33. The number of methoxy groups -OCH3 is 2. The first-order chi connectivity index (χ1) is 9.50. The van der Waals surface area contributed by atoms with Crippen molar-refractivity contribution in [2.24, 2.45) is 0 Å². The van der Waals surface area contributed by atoms with Crippen molar-refractivity contribution in [3.63, 3.8) is 0 Å². The van der Waals surface area contributed by atoms with Crippen LogP contribution in [0.3, 0.4) is 0 Å². The zero-order valence-corrected chi connectivity index (χ0v) is 12.5. The number of nitrogens with one attached hydrogen (secondary N) is 2. The molecule has 1 amide bonds. The number of anilines is 1. The van der Waals surface area contributed by atoms with Gasteiger partial charge in [0.25, 0.3) is 0 Å². The number of carbonyl (C=O) groups is 1. The van der Waals surface area contributed by atoms with Crippen LogP contribution in [0.2, 0.25) is 0 Å². The molecule has 0 aliphatic carbocycles. The quantitative estimate of drug-likeness (QED) is 0.885. The van der Waals surface area contributed by atoms with Crippen LogP contribution in [0, 0.1) is 6.92 Å². The van der Waals surface area contributed by atoms with Crippen LogP contribution in [0.4, 0.5) is 5.69 Å². The molecule has 0 spiro atoms. The van der Waals surface area contributed by atoms with Gasteiger partial charge in [0.1, 0.15) is 0 Å². The van der Waals surface area contributed by atoms with Gasteiger partial charge in [-0.2, -0.15) is 0 Å². The van der Waals surface area contributed by atoms with Crippen molar-refractivity contribution >= 4 is 11.6 Å². The molecule has 1 aromatic rings. The summed E-state index contributed by atoms with van der Waals surface area (Å²) >= 11 is 0. The Bertz CT molecular complexity index is 508. The lowest BCUT2D eigenvalue weighted by Gasteiger charge is -2.24. The third-order valence-electron chi connectivity index (χ3n) is 3.85. The average Bonchev–Trinajstić information content (AvgIpc) is 2.88. The number of carbonyl (C=O) groups excluding carboxylic acids is 1. The van der Waals surface area contributed by atoms with Gasteiger partial charge in [0.2, 0.25) is 5.91 Å². The lowest BCUT2D eigenvalue weighted by atomic mass is 9.99. The summed E-state index contributed by atoms with van der Waals surface area (Å²) < 4.78 is 10.5. The van der Waals surface area contributed by atoms with E-state index in [1.54, 1.807) is 20.3 Å². The van der Waals surface area contributed by atoms with Crippen LogP contribution in [0.15, 0.2) is 12.1 Å². The minimum absolute atomic E-state index is 0.00896. The SMILES string of the molecule is COc1cc(C)c(NC(=O)C2(C)CCCN2)cc1OC. The topological polar surface area (TPSA) is 59.6 Å². The molecule has 0 saturated carbocycles. The second-order valence-corrected chi connectivity index (χ2v) is 5.34. The smallest absolute Gasteiger partial charge is 0.244 e. The van der Waals surface area contributed by atoms with Crippen LogP contribution < -0.4 is 20.1 Å². The first-order valence-corrected chi connectivity index (χ1v) is 6.79. The average molecular weight is 278 g/mol. The molecule has 5 heteroatoms. The van der Waals surface area contributed by atoms with Crippen LogP contribution in [0.25, 0.3) is 0 Å². The monoisotopic (exact) mass is 278 g/mol. The Balaban J connectivity index is 2.23. The molecular formula is C15H22N2O3. The summed E-state index contributed by atoms with van der Waals surface area (Å²) in [6.07, 6.45) is 1.88. The molecule has 2 N–H and O–H groups in total. The zero-order chi connectivity index (χ0) is 14.8. The second-order valence-electron chi connectivity index (χ2n) is 5.34. The van der Waals surface area contributed by atoms with Crippen molar-refractivity contribution in [2.75, 3.05) is 26.1 Å². The summed E-state index contributed by atoms with van der Waals surface area (Å²) in [5, 5.41) is 6.24. The van der Waals surface area contributed by atoms with Gasteiger partial charge in [0, 0.05) is 11.8 Å². The van der Waals surface area contributed by atoms with E-state index >= 15 is 0 Å². The standard InChI is InChI=1S/C15H22N2O3/c1-10-8-12(19-3)13(20-4)9-11(10)17-14(18)15(2)6-5-7-16-15/h8-9,16H,5-7H2,1-4H3,(H,17,18). The summed E-state index contributed by atoms with van der Waals surface area (Å²) in [5.74, 6) is 1.26. The fraction of sp³-hybridized carbons (Fsp3) is 0.533. The van der Waals surface area contributed by atoms with E-state index in [-0.39, 0.29) is 5.91 Å². The summed E-state index contributed by atoms with van der Waals surface area (Å²) in [5.41, 5.74) is 1.21. The number of aryl methyl sites for hydroxylation is 1. The molecule has 0 aromatic heterocycles. The van der Waals surface area contributed by atoms with Crippen LogP contribution in [-0.2, 0) is 4.79 Å². The van der Waals surface area contributed by atoms with E-state index in [2.05, 4.69) is 10.6 Å². The van der Waals surface area contributed by atoms with Crippen molar-refractivity contribution < 1.29 is 14.3 Å². The highest BCUT2D eigenvalue weighted by Gasteiger charge is 2.36. The number of hydrogen-bond acceptors (Lipinski definition) is 4. The summed E-state index contributed by atoms with van der Waals surface area (Å²) in [6.45, 7) is 4.75. The second kappa shape index (κ2) is 5.71. The highest BCUT2D eigenvalue weighted by molar-refractivity contribution is 5.98. The Morgan fingerprint density at radius 3 is 2.50 bits per heavy atom. The van der Waals surface area contributed by atoms with Gasteiger partial charge in [-0.1, -0.05) is 0 Å². The van der Waals surface area contributed by atoms with E-state index in [1.807, 2.05) is 19.9 Å². The maximum atomic E-state index is 12.4. The predicted molar refractivity (Wildman–Crippen MR) is 78.6 cm³/mol. The molecular weight excluding hydrogens is 256 g/mol. The fourth-order valence-corrected chi connectivity index (χ4v) is 2.46. The first-order valence-electron chi connectivity index (χ1n) is 6.79. The predicted octanol–water partition coefficient (Wildman–Crippen LogP) is 2.09. The molecule has 0 bridgehead atoms. The lowest BCUT2D eigenvalue weighted by molar-refractivity contribution is -0.121. The van der Waals surface area contributed by atoms with E-state index < -0.39 is 5.54 Å². The minimum atomic E-state index is -0.487. The number of rotatable bonds is 4.